The van der Waals surface area contributed by atoms with Crippen molar-refractivity contribution in [1.82, 2.24) is 29.9 Å². The highest BCUT2D eigenvalue weighted by atomic mass is 16.5. The van der Waals surface area contributed by atoms with Crippen molar-refractivity contribution in [1.29, 1.82) is 0 Å². The molecule has 0 aliphatic carbocycles. The van der Waals surface area contributed by atoms with Crippen molar-refractivity contribution in [2.45, 2.75) is 6.54 Å². The third-order valence-corrected chi connectivity index (χ3v) is 4.59. The topological polar surface area (TPSA) is 90.6 Å². The van der Waals surface area contributed by atoms with Crippen molar-refractivity contribution in [2.24, 2.45) is 0 Å². The van der Waals surface area contributed by atoms with E-state index in [0.29, 0.717) is 29.6 Å². The van der Waals surface area contributed by atoms with E-state index in [4.69, 9.17) is 4.74 Å². The number of hydrogen-bond acceptors (Lipinski definition) is 7. The molecule has 29 heavy (non-hydrogen) atoms. The SMILES string of the molecule is COc1ccc(Nc2ccc3nnn(Cc4ccc5ncccc5c4)c3n2)nc1. The molecule has 4 aromatic heterocycles. The van der Waals surface area contributed by atoms with Gasteiger partial charge >= 0.3 is 0 Å². The molecule has 8 nitrogen and oxygen atoms in total. The van der Waals surface area contributed by atoms with Gasteiger partial charge < -0.3 is 10.1 Å². The van der Waals surface area contributed by atoms with Gasteiger partial charge in [-0.1, -0.05) is 17.3 Å². The quantitative estimate of drug-likeness (QED) is 0.496. The van der Waals surface area contributed by atoms with Crippen LogP contribution in [0.2, 0.25) is 0 Å². The lowest BCUT2D eigenvalue weighted by Crippen LogP contribution is -2.04. The average molecular weight is 383 g/mol. The lowest BCUT2D eigenvalue weighted by Gasteiger charge is -2.07. The Kier molecular flexibility index (Phi) is 4.21. The summed E-state index contributed by atoms with van der Waals surface area (Å²) >= 11 is 0. The highest BCUT2D eigenvalue weighted by Crippen LogP contribution is 2.20. The second kappa shape index (κ2) is 7.16. The van der Waals surface area contributed by atoms with E-state index < -0.39 is 0 Å². The number of pyridine rings is 3. The summed E-state index contributed by atoms with van der Waals surface area (Å²) in [5.74, 6) is 2.05. The number of benzene rings is 1. The number of ether oxygens (including phenoxy) is 1. The third kappa shape index (κ3) is 3.43. The van der Waals surface area contributed by atoms with E-state index in [-0.39, 0.29) is 0 Å². The van der Waals surface area contributed by atoms with E-state index in [1.165, 1.54) is 0 Å². The molecule has 0 aliphatic rings. The van der Waals surface area contributed by atoms with Gasteiger partial charge in [-0.3, -0.25) is 4.98 Å². The Hall–Kier alpha value is -4.07. The predicted molar refractivity (Wildman–Crippen MR) is 110 cm³/mol. The number of fused-ring (bicyclic) bond motifs is 2. The molecule has 0 radical (unpaired) electrons. The normalized spacial score (nSPS) is 11.1. The molecule has 0 amide bonds. The van der Waals surface area contributed by atoms with Crippen molar-refractivity contribution >= 4 is 33.7 Å². The molecule has 0 saturated heterocycles. The minimum absolute atomic E-state index is 0.568. The first-order chi connectivity index (χ1) is 14.3. The fourth-order valence-corrected chi connectivity index (χ4v) is 3.13. The Morgan fingerprint density at radius 3 is 2.72 bits per heavy atom. The lowest BCUT2D eigenvalue weighted by atomic mass is 10.1. The second-order valence-electron chi connectivity index (χ2n) is 6.53. The maximum absolute atomic E-state index is 5.14. The number of hydrogen-bond donors (Lipinski definition) is 1. The van der Waals surface area contributed by atoms with Crippen LogP contribution in [0.1, 0.15) is 5.56 Å². The van der Waals surface area contributed by atoms with Crippen molar-refractivity contribution in [3.05, 3.63) is 72.6 Å². The molecule has 0 saturated carbocycles. The molecule has 1 aromatic carbocycles. The summed E-state index contributed by atoms with van der Waals surface area (Å²) in [4.78, 5) is 13.3. The molecule has 0 bridgehead atoms. The molecule has 8 heteroatoms. The summed E-state index contributed by atoms with van der Waals surface area (Å²) in [7, 11) is 1.61. The number of nitrogens with one attached hydrogen (secondary N) is 1. The molecule has 0 atom stereocenters. The largest absolute Gasteiger partial charge is 0.495 e. The van der Waals surface area contributed by atoms with E-state index in [1.54, 1.807) is 24.2 Å². The molecular weight excluding hydrogens is 366 g/mol. The summed E-state index contributed by atoms with van der Waals surface area (Å²) < 4.78 is 6.93. The Bertz CT molecular complexity index is 1300. The maximum atomic E-state index is 5.14. The van der Waals surface area contributed by atoms with Crippen LogP contribution in [0, 0.1) is 0 Å². The molecule has 5 rings (SSSR count). The number of anilines is 2. The zero-order valence-electron chi connectivity index (χ0n) is 15.6. The van der Waals surface area contributed by atoms with E-state index in [0.717, 1.165) is 22.0 Å². The summed E-state index contributed by atoms with van der Waals surface area (Å²) in [5.41, 5.74) is 3.51. The predicted octanol–water partition coefficient (Wildman–Crippen LogP) is 3.57. The molecular formula is C21H17N7O. The monoisotopic (exact) mass is 383 g/mol. The van der Waals surface area contributed by atoms with Gasteiger partial charge in [-0.25, -0.2) is 14.6 Å². The Morgan fingerprint density at radius 1 is 0.966 bits per heavy atom. The highest BCUT2D eigenvalue weighted by Gasteiger charge is 2.09. The zero-order chi connectivity index (χ0) is 19.6. The van der Waals surface area contributed by atoms with Gasteiger partial charge in [0.1, 0.15) is 22.9 Å². The molecule has 142 valence electrons. The molecule has 0 aliphatic heterocycles. The average Bonchev–Trinajstić information content (AvgIpc) is 3.16. The van der Waals surface area contributed by atoms with Crippen molar-refractivity contribution < 1.29 is 4.74 Å². The van der Waals surface area contributed by atoms with E-state index >= 15 is 0 Å². The maximum Gasteiger partial charge on any atom is 0.180 e. The fourth-order valence-electron chi connectivity index (χ4n) is 3.13. The lowest BCUT2D eigenvalue weighted by molar-refractivity contribution is 0.413. The standard InChI is InChI=1S/C21H17N7O/c1-29-16-5-8-19(23-12-16)24-20-9-7-18-21(25-20)28(27-26-18)13-14-4-6-17-15(11-14)3-2-10-22-17/h2-12H,13H2,1H3,(H,23,24,25). The van der Waals surface area contributed by atoms with Crippen LogP contribution >= 0.6 is 0 Å². The molecule has 0 fully saturated rings. The zero-order valence-corrected chi connectivity index (χ0v) is 15.6. The van der Waals surface area contributed by atoms with Crippen molar-refractivity contribution in [3.63, 3.8) is 0 Å². The number of methoxy groups -OCH3 is 1. The van der Waals surface area contributed by atoms with Crippen LogP contribution in [0.5, 0.6) is 5.75 Å². The van der Waals surface area contributed by atoms with E-state index in [2.05, 4.69) is 36.6 Å². The van der Waals surface area contributed by atoms with Gasteiger partial charge in [-0.05, 0) is 48.0 Å². The van der Waals surface area contributed by atoms with Crippen LogP contribution in [0.25, 0.3) is 22.1 Å². The number of nitrogens with zero attached hydrogens (tertiary/aromatic N) is 6. The van der Waals surface area contributed by atoms with Gasteiger partial charge in [0.15, 0.2) is 5.65 Å². The number of rotatable bonds is 5. The van der Waals surface area contributed by atoms with Crippen molar-refractivity contribution in [2.75, 3.05) is 12.4 Å². The summed E-state index contributed by atoms with van der Waals surface area (Å²) in [5, 5.41) is 12.8. The summed E-state index contributed by atoms with van der Waals surface area (Å²) in [6.07, 6.45) is 3.45. The summed E-state index contributed by atoms with van der Waals surface area (Å²) in [6.45, 7) is 0.568. The fraction of sp³-hybridized carbons (Fsp3) is 0.0952. The van der Waals surface area contributed by atoms with Crippen LogP contribution in [-0.2, 0) is 6.54 Å². The van der Waals surface area contributed by atoms with Crippen LogP contribution in [0.15, 0.2) is 67.0 Å². The van der Waals surface area contributed by atoms with Crippen LogP contribution in [0.3, 0.4) is 0 Å². The van der Waals surface area contributed by atoms with Gasteiger partial charge in [-0.15, -0.1) is 5.10 Å². The Morgan fingerprint density at radius 2 is 1.86 bits per heavy atom. The van der Waals surface area contributed by atoms with Crippen LogP contribution in [-0.4, -0.2) is 37.1 Å². The van der Waals surface area contributed by atoms with Crippen LogP contribution in [0.4, 0.5) is 11.6 Å². The molecule has 0 spiro atoms. The third-order valence-electron chi connectivity index (χ3n) is 4.59. The van der Waals surface area contributed by atoms with E-state index in [1.807, 2.05) is 48.5 Å². The van der Waals surface area contributed by atoms with E-state index in [9.17, 15) is 0 Å². The molecule has 0 unspecified atom stereocenters. The van der Waals surface area contributed by atoms with Gasteiger partial charge in [0.2, 0.25) is 0 Å². The first kappa shape index (κ1) is 17.1. The van der Waals surface area contributed by atoms with Crippen molar-refractivity contribution in [3.8, 4) is 5.75 Å². The Labute approximate surface area is 166 Å². The second-order valence-corrected chi connectivity index (χ2v) is 6.53. The highest BCUT2D eigenvalue weighted by molar-refractivity contribution is 5.79. The Balaban J connectivity index is 1.43. The first-order valence-electron chi connectivity index (χ1n) is 9.09. The minimum Gasteiger partial charge on any atom is -0.495 e. The smallest absolute Gasteiger partial charge is 0.180 e. The number of aromatic nitrogens is 6. The van der Waals surface area contributed by atoms with Gasteiger partial charge in [-0.2, -0.15) is 0 Å². The molecule has 1 N–H and O–H groups in total. The minimum atomic E-state index is 0.568. The van der Waals surface area contributed by atoms with Gasteiger partial charge in [0.05, 0.1) is 25.4 Å². The first-order valence-corrected chi connectivity index (χ1v) is 9.09. The van der Waals surface area contributed by atoms with Gasteiger partial charge in [0, 0.05) is 11.6 Å². The summed E-state index contributed by atoms with van der Waals surface area (Å²) in [6, 6.07) is 17.6. The van der Waals surface area contributed by atoms with Gasteiger partial charge in [0.25, 0.3) is 0 Å². The molecule has 5 aromatic rings. The molecule has 4 heterocycles. The van der Waals surface area contributed by atoms with Crippen LogP contribution < -0.4 is 10.1 Å².